The second-order valence-corrected chi connectivity index (χ2v) is 4.97. The monoisotopic (exact) mass is 294 g/mol. The molecule has 76 valence electrons. The first kappa shape index (κ1) is 12.0. The van der Waals surface area contributed by atoms with Crippen LogP contribution in [0.3, 0.4) is 0 Å². The summed E-state index contributed by atoms with van der Waals surface area (Å²) in [5.41, 5.74) is 1.42. The van der Waals surface area contributed by atoms with Gasteiger partial charge in [0.1, 0.15) is 0 Å². The van der Waals surface area contributed by atoms with Crippen molar-refractivity contribution < 1.29 is 4.79 Å². The van der Waals surface area contributed by atoms with Crippen LogP contribution in [-0.2, 0) is 5.88 Å². The highest BCUT2D eigenvalue weighted by atomic mass is 79.9. The van der Waals surface area contributed by atoms with Crippen LogP contribution in [0.2, 0.25) is 5.02 Å². The molecule has 0 aromatic heterocycles. The van der Waals surface area contributed by atoms with Gasteiger partial charge in [0.25, 0.3) is 0 Å². The van der Waals surface area contributed by atoms with Crippen molar-refractivity contribution in [3.8, 4) is 0 Å². The summed E-state index contributed by atoms with van der Waals surface area (Å²) in [7, 11) is 0. The minimum Gasteiger partial charge on any atom is -0.293 e. The maximum atomic E-state index is 11.6. The molecule has 0 aliphatic rings. The number of hydrogen-bond acceptors (Lipinski definition) is 1. The zero-order valence-electron chi connectivity index (χ0n) is 7.56. The quantitative estimate of drug-likeness (QED) is 0.607. The lowest BCUT2D eigenvalue weighted by atomic mass is 10.1. The van der Waals surface area contributed by atoms with E-state index in [1.165, 1.54) is 0 Å². The molecule has 4 heteroatoms. The van der Waals surface area contributed by atoms with Crippen LogP contribution in [0.25, 0.3) is 0 Å². The fourth-order valence-corrected chi connectivity index (χ4v) is 1.80. The second-order valence-electron chi connectivity index (χ2n) is 2.92. The summed E-state index contributed by atoms with van der Waals surface area (Å²) in [6.45, 7) is 1.79. The van der Waals surface area contributed by atoms with Crippen molar-refractivity contribution in [2.24, 2.45) is 0 Å². The molecule has 0 heterocycles. The first-order chi connectivity index (χ1) is 6.56. The molecule has 0 N–H and O–H groups in total. The van der Waals surface area contributed by atoms with E-state index >= 15 is 0 Å². The fourth-order valence-electron chi connectivity index (χ4n) is 1.06. The molecule has 0 radical (unpaired) electrons. The molecular formula is C10H9BrCl2O. The van der Waals surface area contributed by atoms with Gasteiger partial charge in [-0.05, 0) is 30.7 Å². The highest BCUT2D eigenvalue weighted by Crippen LogP contribution is 2.21. The Labute approximate surface area is 102 Å². The zero-order valence-corrected chi connectivity index (χ0v) is 10.7. The number of carbonyl (C=O) groups excluding carboxylic acids is 1. The number of rotatable bonds is 3. The number of alkyl halides is 2. The lowest BCUT2D eigenvalue weighted by molar-refractivity contribution is 0.0996. The molecule has 0 bridgehead atoms. The van der Waals surface area contributed by atoms with E-state index in [1.807, 2.05) is 0 Å². The molecule has 1 nitrogen and oxygen atoms in total. The molecule has 0 saturated carbocycles. The lowest BCUT2D eigenvalue weighted by Gasteiger charge is -2.05. The minimum absolute atomic E-state index is 0.0352. The molecule has 0 fully saturated rings. The summed E-state index contributed by atoms with van der Waals surface area (Å²) < 4.78 is 0. The Kier molecular flexibility index (Phi) is 4.42. The maximum Gasteiger partial charge on any atom is 0.176 e. The van der Waals surface area contributed by atoms with E-state index in [-0.39, 0.29) is 10.6 Å². The van der Waals surface area contributed by atoms with E-state index in [1.54, 1.807) is 25.1 Å². The van der Waals surface area contributed by atoms with Crippen molar-refractivity contribution in [3.05, 3.63) is 34.3 Å². The molecule has 1 aromatic carbocycles. The maximum absolute atomic E-state index is 11.6. The molecular weight excluding hydrogens is 287 g/mol. The standard InChI is InChI=1S/C10H9BrCl2O/c1-6(11)10(14)7-2-3-9(13)8(4-7)5-12/h2-4,6H,5H2,1H3. The van der Waals surface area contributed by atoms with Gasteiger partial charge in [-0.25, -0.2) is 0 Å². The van der Waals surface area contributed by atoms with Crippen molar-refractivity contribution >= 4 is 44.9 Å². The van der Waals surface area contributed by atoms with E-state index in [4.69, 9.17) is 23.2 Å². The van der Waals surface area contributed by atoms with Crippen LogP contribution in [0.1, 0.15) is 22.8 Å². The third-order valence-corrected chi connectivity index (χ3v) is 2.91. The van der Waals surface area contributed by atoms with Gasteiger partial charge < -0.3 is 0 Å². The molecule has 0 aliphatic heterocycles. The molecule has 1 atom stereocenters. The average Bonchev–Trinajstić information content (AvgIpc) is 2.17. The second kappa shape index (κ2) is 5.15. The van der Waals surface area contributed by atoms with Gasteiger partial charge in [-0.2, -0.15) is 0 Å². The first-order valence-electron chi connectivity index (χ1n) is 4.09. The van der Waals surface area contributed by atoms with Crippen LogP contribution in [0.15, 0.2) is 18.2 Å². The third kappa shape index (κ3) is 2.72. The van der Waals surface area contributed by atoms with E-state index in [2.05, 4.69) is 15.9 Å². The van der Waals surface area contributed by atoms with Crippen LogP contribution in [0.5, 0.6) is 0 Å². The first-order valence-corrected chi connectivity index (χ1v) is 5.91. The van der Waals surface area contributed by atoms with Crippen LogP contribution in [0, 0.1) is 0 Å². The van der Waals surface area contributed by atoms with Gasteiger partial charge in [-0.1, -0.05) is 27.5 Å². The Morgan fingerprint density at radius 1 is 1.57 bits per heavy atom. The Bertz CT molecular complexity index is 350. The number of ketones is 1. The summed E-state index contributed by atoms with van der Waals surface area (Å²) in [5, 5.41) is 0.596. The highest BCUT2D eigenvalue weighted by molar-refractivity contribution is 9.10. The highest BCUT2D eigenvalue weighted by Gasteiger charge is 2.12. The van der Waals surface area contributed by atoms with Gasteiger partial charge in [0.05, 0.1) is 4.83 Å². The molecule has 14 heavy (non-hydrogen) atoms. The molecule has 1 rings (SSSR count). The summed E-state index contributed by atoms with van der Waals surface area (Å²) in [4.78, 5) is 11.4. The SMILES string of the molecule is CC(Br)C(=O)c1ccc(Cl)c(CCl)c1. The van der Waals surface area contributed by atoms with E-state index in [0.29, 0.717) is 16.5 Å². The van der Waals surface area contributed by atoms with E-state index < -0.39 is 0 Å². The van der Waals surface area contributed by atoms with Crippen molar-refractivity contribution in [3.63, 3.8) is 0 Å². The summed E-state index contributed by atoms with van der Waals surface area (Å²) in [5.74, 6) is 0.351. The molecule has 1 aromatic rings. The van der Waals surface area contributed by atoms with Gasteiger partial charge in [0.15, 0.2) is 5.78 Å². The Morgan fingerprint density at radius 2 is 2.21 bits per heavy atom. The Morgan fingerprint density at radius 3 is 2.71 bits per heavy atom. The van der Waals surface area contributed by atoms with E-state index in [0.717, 1.165) is 5.56 Å². The van der Waals surface area contributed by atoms with Crippen LogP contribution in [0.4, 0.5) is 0 Å². The van der Waals surface area contributed by atoms with Crippen molar-refractivity contribution in [2.75, 3.05) is 0 Å². The van der Waals surface area contributed by atoms with Gasteiger partial charge in [-0.15, -0.1) is 11.6 Å². The fraction of sp³-hybridized carbons (Fsp3) is 0.300. The van der Waals surface area contributed by atoms with Crippen molar-refractivity contribution in [2.45, 2.75) is 17.6 Å². The van der Waals surface area contributed by atoms with Crippen molar-refractivity contribution in [1.29, 1.82) is 0 Å². The van der Waals surface area contributed by atoms with Gasteiger partial charge in [0, 0.05) is 16.5 Å². The van der Waals surface area contributed by atoms with E-state index in [9.17, 15) is 4.79 Å². The Balaban J connectivity index is 3.06. The summed E-state index contributed by atoms with van der Waals surface area (Å²) in [6, 6.07) is 5.13. The molecule has 0 amide bonds. The molecule has 0 aliphatic carbocycles. The third-order valence-electron chi connectivity index (χ3n) is 1.84. The van der Waals surface area contributed by atoms with Gasteiger partial charge in [-0.3, -0.25) is 4.79 Å². The topological polar surface area (TPSA) is 17.1 Å². The van der Waals surface area contributed by atoms with Gasteiger partial charge >= 0.3 is 0 Å². The largest absolute Gasteiger partial charge is 0.293 e. The zero-order chi connectivity index (χ0) is 10.7. The van der Waals surface area contributed by atoms with Crippen LogP contribution in [-0.4, -0.2) is 10.6 Å². The van der Waals surface area contributed by atoms with Crippen LogP contribution < -0.4 is 0 Å². The summed E-state index contributed by atoms with van der Waals surface area (Å²) in [6.07, 6.45) is 0. The number of halogens is 3. The number of Topliss-reactive ketones (excluding diaryl/α,β-unsaturated/α-hetero) is 1. The molecule has 1 unspecified atom stereocenters. The molecule has 0 saturated heterocycles. The van der Waals surface area contributed by atoms with Crippen LogP contribution >= 0.6 is 39.1 Å². The lowest BCUT2D eigenvalue weighted by Crippen LogP contribution is -2.10. The number of hydrogen-bond donors (Lipinski definition) is 0. The Hall–Kier alpha value is -0.0500. The number of carbonyl (C=O) groups is 1. The number of benzene rings is 1. The average molecular weight is 296 g/mol. The summed E-state index contributed by atoms with van der Waals surface area (Å²) >= 11 is 14.8. The predicted molar refractivity (Wildman–Crippen MR) is 63.7 cm³/mol. The molecule has 0 spiro atoms. The predicted octanol–water partition coefficient (Wildman–Crippen LogP) is 4.04. The smallest absolute Gasteiger partial charge is 0.176 e. The normalized spacial score (nSPS) is 12.6. The van der Waals surface area contributed by atoms with Gasteiger partial charge in [0.2, 0.25) is 0 Å². The van der Waals surface area contributed by atoms with Crippen molar-refractivity contribution in [1.82, 2.24) is 0 Å². The minimum atomic E-state index is -0.188.